The molecule has 3 N–H and O–H groups in total. The van der Waals surface area contributed by atoms with Gasteiger partial charge in [-0.15, -0.1) is 0 Å². The third-order valence-electron chi connectivity index (χ3n) is 2.04. The standard InChI is InChI=1S/C8H18N2S/c1-7(6-9)11-8-2-4-10-5-3-8/h7-8,10H,2-6,9H2,1H3. The van der Waals surface area contributed by atoms with Crippen LogP contribution >= 0.6 is 11.8 Å². The van der Waals surface area contributed by atoms with Gasteiger partial charge in [-0.1, -0.05) is 6.92 Å². The highest BCUT2D eigenvalue weighted by molar-refractivity contribution is 8.00. The molecule has 3 heteroatoms. The summed E-state index contributed by atoms with van der Waals surface area (Å²) in [5, 5.41) is 4.85. The van der Waals surface area contributed by atoms with Gasteiger partial charge in [-0.3, -0.25) is 0 Å². The Bertz CT molecular complexity index is 102. The smallest absolute Gasteiger partial charge is 0.0144 e. The molecule has 1 unspecified atom stereocenters. The van der Waals surface area contributed by atoms with E-state index in [1.807, 2.05) is 0 Å². The molecule has 0 aromatic rings. The Labute approximate surface area is 73.3 Å². The average Bonchev–Trinajstić information content (AvgIpc) is 2.06. The lowest BCUT2D eigenvalue weighted by Gasteiger charge is -2.24. The van der Waals surface area contributed by atoms with Crippen LogP contribution in [0, 0.1) is 0 Å². The fraction of sp³-hybridized carbons (Fsp3) is 1.00. The van der Waals surface area contributed by atoms with Crippen molar-refractivity contribution in [2.45, 2.75) is 30.3 Å². The zero-order valence-electron chi connectivity index (χ0n) is 7.18. The molecule has 1 saturated heterocycles. The maximum Gasteiger partial charge on any atom is 0.0144 e. The molecule has 0 saturated carbocycles. The van der Waals surface area contributed by atoms with Gasteiger partial charge < -0.3 is 11.1 Å². The van der Waals surface area contributed by atoms with Crippen molar-refractivity contribution in [1.82, 2.24) is 5.32 Å². The third-order valence-corrected chi connectivity index (χ3v) is 3.56. The van der Waals surface area contributed by atoms with Crippen LogP contribution in [0.1, 0.15) is 19.8 Å². The van der Waals surface area contributed by atoms with Crippen LogP contribution in [0.15, 0.2) is 0 Å². The van der Waals surface area contributed by atoms with Gasteiger partial charge in [-0.25, -0.2) is 0 Å². The predicted molar refractivity (Wildman–Crippen MR) is 52.0 cm³/mol. The van der Waals surface area contributed by atoms with Crippen LogP contribution in [0.4, 0.5) is 0 Å². The largest absolute Gasteiger partial charge is 0.329 e. The lowest BCUT2D eigenvalue weighted by atomic mass is 10.2. The van der Waals surface area contributed by atoms with Gasteiger partial charge in [0, 0.05) is 17.0 Å². The minimum atomic E-state index is 0.637. The normalized spacial score (nSPS) is 23.5. The van der Waals surface area contributed by atoms with E-state index in [9.17, 15) is 0 Å². The van der Waals surface area contributed by atoms with Crippen LogP contribution in [0.5, 0.6) is 0 Å². The Kier molecular flexibility index (Phi) is 4.26. The first-order chi connectivity index (χ1) is 5.33. The zero-order valence-corrected chi connectivity index (χ0v) is 7.99. The third kappa shape index (κ3) is 3.45. The van der Waals surface area contributed by atoms with E-state index >= 15 is 0 Å². The van der Waals surface area contributed by atoms with E-state index in [4.69, 9.17) is 5.73 Å². The van der Waals surface area contributed by atoms with Crippen LogP contribution in [-0.2, 0) is 0 Å². The molecular formula is C8H18N2S. The molecule has 0 aliphatic carbocycles. The summed E-state index contributed by atoms with van der Waals surface area (Å²) < 4.78 is 0. The van der Waals surface area contributed by atoms with Crippen molar-refractivity contribution in [1.29, 1.82) is 0 Å². The van der Waals surface area contributed by atoms with Crippen molar-refractivity contribution >= 4 is 11.8 Å². The predicted octanol–water partition coefficient (Wildman–Crippen LogP) is 0.819. The Hall–Kier alpha value is 0.270. The van der Waals surface area contributed by atoms with Gasteiger partial charge in [-0.2, -0.15) is 11.8 Å². The number of thioether (sulfide) groups is 1. The van der Waals surface area contributed by atoms with E-state index < -0.39 is 0 Å². The minimum Gasteiger partial charge on any atom is -0.329 e. The molecule has 0 amide bonds. The number of piperidine rings is 1. The van der Waals surface area contributed by atoms with Crippen LogP contribution in [0.3, 0.4) is 0 Å². The molecule has 1 aliphatic rings. The number of nitrogens with two attached hydrogens (primary N) is 1. The highest BCUT2D eigenvalue weighted by atomic mass is 32.2. The van der Waals surface area contributed by atoms with Crippen molar-refractivity contribution in [3.05, 3.63) is 0 Å². The van der Waals surface area contributed by atoms with Gasteiger partial charge in [0.15, 0.2) is 0 Å². The average molecular weight is 174 g/mol. The summed E-state index contributed by atoms with van der Waals surface area (Å²) in [6.45, 7) is 5.41. The summed E-state index contributed by atoms with van der Waals surface area (Å²) in [6, 6.07) is 0. The van der Waals surface area contributed by atoms with Crippen LogP contribution in [0.25, 0.3) is 0 Å². The molecule has 11 heavy (non-hydrogen) atoms. The van der Waals surface area contributed by atoms with Crippen molar-refractivity contribution in [3.63, 3.8) is 0 Å². The number of hydrogen-bond donors (Lipinski definition) is 2. The summed E-state index contributed by atoms with van der Waals surface area (Å²) >= 11 is 2.06. The Morgan fingerprint density at radius 1 is 1.55 bits per heavy atom. The lowest BCUT2D eigenvalue weighted by Crippen LogP contribution is -2.30. The first-order valence-corrected chi connectivity index (χ1v) is 5.33. The van der Waals surface area contributed by atoms with Gasteiger partial charge in [0.25, 0.3) is 0 Å². The van der Waals surface area contributed by atoms with Crippen LogP contribution in [0.2, 0.25) is 0 Å². The first kappa shape index (κ1) is 9.36. The summed E-state index contributed by atoms with van der Waals surface area (Å²) in [5.74, 6) is 0. The van der Waals surface area contributed by atoms with Crippen molar-refractivity contribution in [2.75, 3.05) is 19.6 Å². The topological polar surface area (TPSA) is 38.0 Å². The Balaban J connectivity index is 2.13. The van der Waals surface area contributed by atoms with Crippen molar-refractivity contribution in [2.24, 2.45) is 5.73 Å². The highest BCUT2D eigenvalue weighted by Crippen LogP contribution is 2.23. The Morgan fingerprint density at radius 2 is 2.18 bits per heavy atom. The molecule has 66 valence electrons. The maximum absolute atomic E-state index is 5.55. The first-order valence-electron chi connectivity index (χ1n) is 4.39. The molecule has 0 radical (unpaired) electrons. The van der Waals surface area contributed by atoms with Crippen LogP contribution in [-0.4, -0.2) is 30.1 Å². The van der Waals surface area contributed by atoms with E-state index in [2.05, 4.69) is 24.0 Å². The maximum atomic E-state index is 5.55. The lowest BCUT2D eigenvalue weighted by molar-refractivity contribution is 0.530. The molecule has 1 heterocycles. The summed E-state index contributed by atoms with van der Waals surface area (Å²) in [5.41, 5.74) is 5.55. The SMILES string of the molecule is CC(CN)SC1CCNCC1. The molecule has 1 fully saturated rings. The molecule has 2 nitrogen and oxygen atoms in total. The van der Waals surface area contributed by atoms with E-state index in [0.29, 0.717) is 5.25 Å². The van der Waals surface area contributed by atoms with E-state index in [1.165, 1.54) is 25.9 Å². The molecule has 1 rings (SSSR count). The molecule has 0 bridgehead atoms. The van der Waals surface area contributed by atoms with Crippen molar-refractivity contribution < 1.29 is 0 Å². The molecule has 1 atom stereocenters. The summed E-state index contributed by atoms with van der Waals surface area (Å²) in [7, 11) is 0. The van der Waals surface area contributed by atoms with Gasteiger partial charge in [0.2, 0.25) is 0 Å². The van der Waals surface area contributed by atoms with Gasteiger partial charge in [0.1, 0.15) is 0 Å². The number of hydrogen-bond acceptors (Lipinski definition) is 3. The van der Waals surface area contributed by atoms with Gasteiger partial charge >= 0.3 is 0 Å². The van der Waals surface area contributed by atoms with Gasteiger partial charge in [-0.05, 0) is 25.9 Å². The second kappa shape index (κ2) is 5.01. The fourth-order valence-electron chi connectivity index (χ4n) is 1.32. The quantitative estimate of drug-likeness (QED) is 0.665. The summed E-state index contributed by atoms with van der Waals surface area (Å²) in [4.78, 5) is 0. The zero-order chi connectivity index (χ0) is 8.10. The number of rotatable bonds is 3. The molecule has 0 aromatic carbocycles. The number of nitrogens with one attached hydrogen (secondary N) is 1. The second-order valence-electron chi connectivity index (χ2n) is 3.13. The van der Waals surface area contributed by atoms with Gasteiger partial charge in [0.05, 0.1) is 0 Å². The van der Waals surface area contributed by atoms with E-state index in [1.54, 1.807) is 0 Å². The second-order valence-corrected chi connectivity index (χ2v) is 4.88. The molecule has 0 spiro atoms. The Morgan fingerprint density at radius 3 is 2.73 bits per heavy atom. The summed E-state index contributed by atoms with van der Waals surface area (Å²) in [6.07, 6.45) is 2.63. The molecule has 1 aliphatic heterocycles. The fourth-order valence-corrected chi connectivity index (χ4v) is 2.59. The highest BCUT2D eigenvalue weighted by Gasteiger charge is 2.15. The minimum absolute atomic E-state index is 0.637. The molecule has 0 aromatic heterocycles. The monoisotopic (exact) mass is 174 g/mol. The van der Waals surface area contributed by atoms with E-state index in [-0.39, 0.29) is 0 Å². The van der Waals surface area contributed by atoms with Crippen molar-refractivity contribution in [3.8, 4) is 0 Å². The van der Waals surface area contributed by atoms with E-state index in [0.717, 1.165) is 11.8 Å². The molecular weight excluding hydrogens is 156 g/mol. The van der Waals surface area contributed by atoms with Crippen LogP contribution < -0.4 is 11.1 Å².